The number of carboxylic acids is 1. The molecule has 0 spiro atoms. The molecule has 0 aromatic rings. The van der Waals surface area contributed by atoms with Crippen LogP contribution >= 0.6 is 11.8 Å². The number of carbonyl (C=O) groups excluding carboxylic acids is 1. The third kappa shape index (κ3) is 6.68. The summed E-state index contributed by atoms with van der Waals surface area (Å²) in [6.45, 7) is 5.99. The van der Waals surface area contributed by atoms with Gasteiger partial charge in [0.05, 0.1) is 5.75 Å². The quantitative estimate of drug-likeness (QED) is 0.602. The molecule has 0 aromatic heterocycles. The van der Waals surface area contributed by atoms with E-state index in [2.05, 4.69) is 5.32 Å². The van der Waals surface area contributed by atoms with E-state index in [0.717, 1.165) is 0 Å². The summed E-state index contributed by atoms with van der Waals surface area (Å²) in [4.78, 5) is 21.8. The second kappa shape index (κ2) is 7.51. The number of nitrogens with one attached hydrogen (secondary N) is 1. The van der Waals surface area contributed by atoms with Crippen molar-refractivity contribution in [2.24, 2.45) is 11.7 Å². The zero-order chi connectivity index (χ0) is 12.7. The Morgan fingerprint density at radius 3 is 2.38 bits per heavy atom. The molecule has 0 aliphatic rings. The maximum Gasteiger partial charge on any atom is 0.321 e. The molecule has 0 aromatic carbocycles. The highest BCUT2D eigenvalue weighted by atomic mass is 32.2. The van der Waals surface area contributed by atoms with Crippen LogP contribution in [0.15, 0.2) is 0 Å². The van der Waals surface area contributed by atoms with Crippen LogP contribution < -0.4 is 11.1 Å². The fourth-order valence-electron chi connectivity index (χ4n) is 0.812. The molecule has 5 nitrogen and oxygen atoms in total. The van der Waals surface area contributed by atoms with Gasteiger partial charge in [-0.2, -0.15) is 0 Å². The molecule has 0 aliphatic heterocycles. The van der Waals surface area contributed by atoms with Gasteiger partial charge in [0.15, 0.2) is 0 Å². The van der Waals surface area contributed by atoms with Crippen LogP contribution in [-0.2, 0) is 9.59 Å². The number of carbonyl (C=O) groups is 2. The molecule has 4 N–H and O–H groups in total. The van der Waals surface area contributed by atoms with Crippen LogP contribution in [0.5, 0.6) is 0 Å². The number of carboxylic acid groups (broad SMARTS) is 1. The van der Waals surface area contributed by atoms with Gasteiger partial charge in [-0.3, -0.25) is 9.59 Å². The van der Waals surface area contributed by atoms with Crippen LogP contribution in [0.2, 0.25) is 0 Å². The summed E-state index contributed by atoms with van der Waals surface area (Å²) in [5.41, 5.74) is 5.30. The van der Waals surface area contributed by atoms with Gasteiger partial charge in [0.1, 0.15) is 6.04 Å². The van der Waals surface area contributed by atoms with Crippen LogP contribution in [-0.4, -0.2) is 40.6 Å². The summed E-state index contributed by atoms with van der Waals surface area (Å²) in [5, 5.41) is 11.4. The zero-order valence-electron chi connectivity index (χ0n) is 9.90. The number of hydrogen-bond donors (Lipinski definition) is 3. The minimum atomic E-state index is -1.04. The van der Waals surface area contributed by atoms with Crippen molar-refractivity contribution >= 4 is 23.6 Å². The number of nitrogens with two attached hydrogens (primary N) is 1. The third-order valence-electron chi connectivity index (χ3n) is 2.24. The molecule has 0 fully saturated rings. The summed E-state index contributed by atoms with van der Waals surface area (Å²) < 4.78 is 0. The Morgan fingerprint density at radius 1 is 1.38 bits per heavy atom. The second-order valence-corrected chi connectivity index (χ2v) is 5.09. The Kier molecular flexibility index (Phi) is 7.16. The Labute approximate surface area is 100 Å². The van der Waals surface area contributed by atoms with E-state index < -0.39 is 12.0 Å². The van der Waals surface area contributed by atoms with Gasteiger partial charge >= 0.3 is 5.97 Å². The van der Waals surface area contributed by atoms with E-state index >= 15 is 0 Å². The highest BCUT2D eigenvalue weighted by Gasteiger charge is 2.14. The van der Waals surface area contributed by atoms with E-state index in [1.54, 1.807) is 0 Å². The third-order valence-corrected chi connectivity index (χ3v) is 3.30. The van der Waals surface area contributed by atoms with Gasteiger partial charge in [-0.05, 0) is 12.8 Å². The van der Waals surface area contributed by atoms with Crippen molar-refractivity contribution < 1.29 is 14.7 Å². The molecule has 0 saturated heterocycles. The average molecular weight is 248 g/mol. The first-order valence-corrected chi connectivity index (χ1v) is 6.35. The maximum atomic E-state index is 11.4. The molecular weight excluding hydrogens is 228 g/mol. The van der Waals surface area contributed by atoms with Gasteiger partial charge < -0.3 is 16.2 Å². The Hall–Kier alpha value is -0.750. The Balaban J connectivity index is 3.70. The predicted molar refractivity (Wildman–Crippen MR) is 65.4 cm³/mol. The normalized spacial score (nSPS) is 14.6. The minimum Gasteiger partial charge on any atom is -0.480 e. The molecule has 0 saturated carbocycles. The Morgan fingerprint density at radius 2 is 1.94 bits per heavy atom. The summed E-state index contributed by atoms with van der Waals surface area (Å²) in [7, 11) is 0. The van der Waals surface area contributed by atoms with Crippen LogP contribution in [0.1, 0.15) is 20.8 Å². The van der Waals surface area contributed by atoms with Gasteiger partial charge in [-0.15, -0.1) is 11.8 Å². The van der Waals surface area contributed by atoms with Crippen LogP contribution in [0.25, 0.3) is 0 Å². The van der Waals surface area contributed by atoms with Crippen molar-refractivity contribution in [2.75, 3.05) is 11.5 Å². The largest absolute Gasteiger partial charge is 0.480 e. The van der Waals surface area contributed by atoms with E-state index in [1.165, 1.54) is 11.8 Å². The number of aliphatic carboxylic acids is 1. The van der Waals surface area contributed by atoms with E-state index in [9.17, 15) is 9.59 Å². The van der Waals surface area contributed by atoms with Gasteiger partial charge in [0, 0.05) is 11.8 Å². The number of thioether (sulfide) groups is 1. The molecule has 2 atom stereocenters. The number of rotatable bonds is 7. The highest BCUT2D eigenvalue weighted by Crippen LogP contribution is 2.04. The SMILES string of the molecule is CC(C)C(C)NC(=O)CSCC(N)C(=O)O. The number of amides is 1. The van der Waals surface area contributed by atoms with E-state index in [1.807, 2.05) is 20.8 Å². The van der Waals surface area contributed by atoms with Crippen LogP contribution in [0, 0.1) is 5.92 Å². The van der Waals surface area contributed by atoms with Crippen molar-refractivity contribution in [2.45, 2.75) is 32.9 Å². The van der Waals surface area contributed by atoms with Crippen LogP contribution in [0.4, 0.5) is 0 Å². The van der Waals surface area contributed by atoms with Crippen molar-refractivity contribution in [3.05, 3.63) is 0 Å². The monoisotopic (exact) mass is 248 g/mol. The highest BCUT2D eigenvalue weighted by molar-refractivity contribution is 8.00. The fraction of sp³-hybridized carbons (Fsp3) is 0.800. The van der Waals surface area contributed by atoms with Crippen molar-refractivity contribution in [3.8, 4) is 0 Å². The van der Waals surface area contributed by atoms with Gasteiger partial charge in [0.25, 0.3) is 0 Å². The molecule has 2 unspecified atom stereocenters. The fourth-order valence-corrected chi connectivity index (χ4v) is 1.60. The van der Waals surface area contributed by atoms with E-state index in [4.69, 9.17) is 10.8 Å². The van der Waals surface area contributed by atoms with Crippen molar-refractivity contribution in [1.29, 1.82) is 0 Å². The lowest BCUT2D eigenvalue weighted by molar-refractivity contribution is -0.138. The average Bonchev–Trinajstić information content (AvgIpc) is 2.16. The van der Waals surface area contributed by atoms with Crippen molar-refractivity contribution in [1.82, 2.24) is 5.32 Å². The summed E-state index contributed by atoms with van der Waals surface area (Å²) in [5.74, 6) is -0.237. The first kappa shape index (κ1) is 15.2. The molecule has 0 heterocycles. The van der Waals surface area contributed by atoms with Gasteiger partial charge in [0.2, 0.25) is 5.91 Å². The zero-order valence-corrected chi connectivity index (χ0v) is 10.7. The molecular formula is C10H20N2O3S. The second-order valence-electron chi connectivity index (χ2n) is 4.06. The van der Waals surface area contributed by atoms with Gasteiger partial charge in [-0.25, -0.2) is 0 Å². The molecule has 0 radical (unpaired) electrons. The smallest absolute Gasteiger partial charge is 0.321 e. The summed E-state index contributed by atoms with van der Waals surface area (Å²) in [6, 6.07) is -0.776. The van der Waals surface area contributed by atoms with E-state index in [0.29, 0.717) is 5.92 Å². The van der Waals surface area contributed by atoms with Gasteiger partial charge in [-0.1, -0.05) is 13.8 Å². The lowest BCUT2D eigenvalue weighted by Crippen LogP contribution is -2.38. The molecule has 0 rings (SSSR count). The lowest BCUT2D eigenvalue weighted by Gasteiger charge is -2.17. The summed E-state index contributed by atoms with van der Waals surface area (Å²) in [6.07, 6.45) is 0. The molecule has 6 heteroatoms. The topological polar surface area (TPSA) is 92.4 Å². The molecule has 94 valence electrons. The number of hydrogen-bond acceptors (Lipinski definition) is 4. The predicted octanol–water partition coefficient (Wildman–Crippen LogP) is 0.292. The van der Waals surface area contributed by atoms with E-state index in [-0.39, 0.29) is 23.5 Å². The van der Waals surface area contributed by atoms with Crippen molar-refractivity contribution in [3.63, 3.8) is 0 Å². The van der Waals surface area contributed by atoms with Crippen LogP contribution in [0.3, 0.4) is 0 Å². The molecule has 1 amide bonds. The first-order chi connectivity index (χ1) is 7.34. The molecule has 0 bridgehead atoms. The molecule has 16 heavy (non-hydrogen) atoms. The first-order valence-electron chi connectivity index (χ1n) is 5.20. The maximum absolute atomic E-state index is 11.4. The Bertz CT molecular complexity index is 246. The lowest BCUT2D eigenvalue weighted by atomic mass is 10.1. The summed E-state index contributed by atoms with van der Waals surface area (Å²) >= 11 is 1.23. The standard InChI is InChI=1S/C10H20N2O3S/c1-6(2)7(3)12-9(13)5-16-4-8(11)10(14)15/h6-8H,4-5,11H2,1-3H3,(H,12,13)(H,14,15). The minimum absolute atomic E-state index is 0.0798. The molecule has 0 aliphatic carbocycles.